The normalized spacial score (nSPS) is 14.8. The SMILES string of the molecule is CC(OCc1ccc2cc(Cl)ccc2c1)(C(=O)O)C(F)(F)F. The molecule has 0 aliphatic heterocycles. The van der Waals surface area contributed by atoms with Crippen molar-refractivity contribution in [1.29, 1.82) is 0 Å². The summed E-state index contributed by atoms with van der Waals surface area (Å²) in [6.07, 6.45) is -5.01. The Morgan fingerprint density at radius 2 is 1.77 bits per heavy atom. The van der Waals surface area contributed by atoms with Crippen LogP contribution in [0.25, 0.3) is 10.8 Å². The number of benzene rings is 2. The zero-order chi connectivity index (χ0) is 16.5. The third-order valence-corrected chi connectivity index (χ3v) is 3.58. The third-order valence-electron chi connectivity index (χ3n) is 3.34. The molecule has 2 rings (SSSR count). The minimum atomic E-state index is -5.01. The quantitative estimate of drug-likeness (QED) is 0.901. The number of carboxylic acid groups (broad SMARTS) is 1. The first-order valence-corrected chi connectivity index (χ1v) is 6.63. The molecule has 1 atom stereocenters. The lowest BCUT2D eigenvalue weighted by atomic mass is 10.1. The molecule has 2 aromatic carbocycles. The molecule has 0 amide bonds. The summed E-state index contributed by atoms with van der Waals surface area (Å²) in [6.45, 7) is 0.0248. The number of ether oxygens (including phenoxy) is 1. The van der Waals surface area contributed by atoms with Crippen molar-refractivity contribution in [3.8, 4) is 0 Å². The van der Waals surface area contributed by atoms with Gasteiger partial charge in [0.25, 0.3) is 5.60 Å². The summed E-state index contributed by atoms with van der Waals surface area (Å²) >= 11 is 5.85. The second kappa shape index (κ2) is 5.78. The van der Waals surface area contributed by atoms with Crippen LogP contribution < -0.4 is 0 Å². The third kappa shape index (κ3) is 3.18. The van der Waals surface area contributed by atoms with E-state index in [0.717, 1.165) is 10.8 Å². The van der Waals surface area contributed by atoms with E-state index in [1.165, 1.54) is 0 Å². The van der Waals surface area contributed by atoms with Crippen molar-refractivity contribution >= 4 is 28.3 Å². The van der Waals surface area contributed by atoms with Gasteiger partial charge in [0.05, 0.1) is 6.61 Å². The number of alkyl halides is 3. The Bertz CT molecular complexity index is 715. The fourth-order valence-electron chi connectivity index (χ4n) is 1.85. The van der Waals surface area contributed by atoms with Crippen molar-refractivity contribution < 1.29 is 27.8 Å². The second-order valence-electron chi connectivity index (χ2n) is 4.95. The van der Waals surface area contributed by atoms with E-state index in [9.17, 15) is 18.0 Å². The summed E-state index contributed by atoms with van der Waals surface area (Å²) in [5.74, 6) is -2.08. The van der Waals surface area contributed by atoms with Crippen LogP contribution in [0.4, 0.5) is 13.2 Å². The lowest BCUT2D eigenvalue weighted by Crippen LogP contribution is -2.51. The summed E-state index contributed by atoms with van der Waals surface area (Å²) in [4.78, 5) is 10.9. The van der Waals surface area contributed by atoms with Gasteiger partial charge in [0, 0.05) is 5.02 Å². The monoisotopic (exact) mass is 332 g/mol. The Morgan fingerprint density at radius 1 is 1.18 bits per heavy atom. The van der Waals surface area contributed by atoms with Gasteiger partial charge in [0.15, 0.2) is 0 Å². The average molecular weight is 333 g/mol. The fraction of sp³-hybridized carbons (Fsp3) is 0.267. The highest BCUT2D eigenvalue weighted by Gasteiger charge is 2.58. The van der Waals surface area contributed by atoms with Gasteiger partial charge in [-0.1, -0.05) is 29.8 Å². The van der Waals surface area contributed by atoms with E-state index in [0.29, 0.717) is 17.5 Å². The summed E-state index contributed by atoms with van der Waals surface area (Å²) in [6, 6.07) is 9.98. The molecule has 0 heterocycles. The summed E-state index contributed by atoms with van der Waals surface area (Å²) < 4.78 is 43.2. The smallest absolute Gasteiger partial charge is 0.428 e. The molecular formula is C15H12ClF3O3. The Hall–Kier alpha value is -1.79. The Kier molecular flexibility index (Phi) is 4.35. The topological polar surface area (TPSA) is 46.5 Å². The van der Waals surface area contributed by atoms with Crippen LogP contribution in [0.15, 0.2) is 36.4 Å². The molecule has 22 heavy (non-hydrogen) atoms. The van der Waals surface area contributed by atoms with Crippen LogP contribution in [0, 0.1) is 0 Å². The fourth-order valence-corrected chi connectivity index (χ4v) is 2.03. The van der Waals surface area contributed by atoms with Crippen LogP contribution >= 0.6 is 11.6 Å². The van der Waals surface area contributed by atoms with Gasteiger partial charge in [-0.25, -0.2) is 4.79 Å². The van der Waals surface area contributed by atoms with Gasteiger partial charge in [0.1, 0.15) is 0 Å². The molecule has 0 aromatic heterocycles. The largest absolute Gasteiger partial charge is 0.479 e. The first kappa shape index (κ1) is 16.6. The van der Waals surface area contributed by atoms with E-state index in [1.54, 1.807) is 36.4 Å². The molecule has 0 fully saturated rings. The summed E-state index contributed by atoms with van der Waals surface area (Å²) in [5.41, 5.74) is -2.81. The van der Waals surface area contributed by atoms with Crippen molar-refractivity contribution in [3.63, 3.8) is 0 Å². The predicted molar refractivity (Wildman–Crippen MR) is 75.8 cm³/mol. The van der Waals surface area contributed by atoms with Gasteiger partial charge in [-0.2, -0.15) is 13.2 Å². The molecule has 1 unspecified atom stereocenters. The molecule has 0 saturated carbocycles. The average Bonchev–Trinajstić information content (AvgIpc) is 2.43. The zero-order valence-corrected chi connectivity index (χ0v) is 12.2. The van der Waals surface area contributed by atoms with Crippen molar-refractivity contribution in [3.05, 3.63) is 47.0 Å². The standard InChI is InChI=1S/C15H12ClF3O3/c1-14(13(20)21,15(17,18)19)22-8-9-2-3-11-7-12(16)5-4-10(11)6-9/h2-7H,8H2,1H3,(H,20,21). The minimum Gasteiger partial charge on any atom is -0.479 e. The van der Waals surface area contributed by atoms with Crippen LogP contribution in [0.3, 0.4) is 0 Å². The highest BCUT2D eigenvalue weighted by atomic mass is 35.5. The number of carboxylic acids is 1. The van der Waals surface area contributed by atoms with Crippen LogP contribution in [-0.4, -0.2) is 22.9 Å². The van der Waals surface area contributed by atoms with E-state index >= 15 is 0 Å². The van der Waals surface area contributed by atoms with Gasteiger partial charge < -0.3 is 9.84 Å². The molecular weight excluding hydrogens is 321 g/mol. The highest BCUT2D eigenvalue weighted by Crippen LogP contribution is 2.34. The summed E-state index contributed by atoms with van der Waals surface area (Å²) in [7, 11) is 0. The van der Waals surface area contributed by atoms with E-state index in [1.807, 2.05) is 0 Å². The molecule has 0 bridgehead atoms. The van der Waals surface area contributed by atoms with Gasteiger partial charge in [-0.05, 0) is 41.5 Å². The molecule has 0 aliphatic carbocycles. The van der Waals surface area contributed by atoms with Crippen LogP contribution in [0.2, 0.25) is 5.02 Å². The van der Waals surface area contributed by atoms with E-state index in [-0.39, 0.29) is 0 Å². The highest BCUT2D eigenvalue weighted by molar-refractivity contribution is 6.31. The first-order chi connectivity index (χ1) is 10.1. The maximum Gasteiger partial charge on any atom is 0.428 e. The van der Waals surface area contributed by atoms with Crippen molar-refractivity contribution in [2.24, 2.45) is 0 Å². The number of hydrogen-bond donors (Lipinski definition) is 1. The molecule has 118 valence electrons. The first-order valence-electron chi connectivity index (χ1n) is 6.26. The molecule has 0 spiro atoms. The van der Waals surface area contributed by atoms with Crippen LogP contribution in [0.1, 0.15) is 12.5 Å². The van der Waals surface area contributed by atoms with E-state index in [2.05, 4.69) is 4.74 Å². The molecule has 0 radical (unpaired) electrons. The van der Waals surface area contributed by atoms with Crippen molar-refractivity contribution in [1.82, 2.24) is 0 Å². The zero-order valence-electron chi connectivity index (χ0n) is 11.4. The van der Waals surface area contributed by atoms with Crippen LogP contribution in [0.5, 0.6) is 0 Å². The van der Waals surface area contributed by atoms with Gasteiger partial charge in [-0.3, -0.25) is 0 Å². The van der Waals surface area contributed by atoms with Gasteiger partial charge in [-0.15, -0.1) is 0 Å². The molecule has 0 aliphatic rings. The second-order valence-corrected chi connectivity index (χ2v) is 5.39. The number of hydrogen-bond acceptors (Lipinski definition) is 2. The van der Waals surface area contributed by atoms with Gasteiger partial charge in [0.2, 0.25) is 0 Å². The predicted octanol–water partition coefficient (Wildman–Crippen LogP) is 4.42. The van der Waals surface area contributed by atoms with E-state index < -0.39 is 24.4 Å². The van der Waals surface area contributed by atoms with Crippen molar-refractivity contribution in [2.45, 2.75) is 25.3 Å². The molecule has 7 heteroatoms. The van der Waals surface area contributed by atoms with Crippen LogP contribution in [-0.2, 0) is 16.1 Å². The number of carbonyl (C=O) groups is 1. The number of halogens is 4. The molecule has 0 saturated heterocycles. The Balaban J connectivity index is 2.24. The minimum absolute atomic E-state index is 0.437. The molecule has 1 N–H and O–H groups in total. The Labute approximate surface area is 129 Å². The number of fused-ring (bicyclic) bond motifs is 1. The molecule has 2 aromatic rings. The Morgan fingerprint density at radius 3 is 2.36 bits per heavy atom. The van der Waals surface area contributed by atoms with E-state index in [4.69, 9.17) is 16.7 Å². The lowest BCUT2D eigenvalue weighted by molar-refractivity contribution is -0.272. The maximum atomic E-state index is 12.8. The number of rotatable bonds is 4. The summed E-state index contributed by atoms with van der Waals surface area (Å²) in [5, 5.41) is 10.9. The lowest BCUT2D eigenvalue weighted by Gasteiger charge is -2.27. The maximum absolute atomic E-state index is 12.8. The van der Waals surface area contributed by atoms with Crippen molar-refractivity contribution in [2.75, 3.05) is 0 Å². The molecule has 3 nitrogen and oxygen atoms in total. The van der Waals surface area contributed by atoms with Gasteiger partial charge >= 0.3 is 12.1 Å². The number of aliphatic carboxylic acids is 1.